The molecular weight excluding hydrogens is 702 g/mol. The Balaban J connectivity index is 0.000000162. The van der Waals surface area contributed by atoms with Gasteiger partial charge in [0, 0.05) is 49.7 Å². The Morgan fingerprint density at radius 1 is 0.750 bits per heavy atom. The number of ether oxygens (including phenoxy) is 1. The maximum absolute atomic E-state index is 13.6. The summed E-state index contributed by atoms with van der Waals surface area (Å²) >= 11 is 0. The molecule has 276 valence electrons. The monoisotopic (exact) mass is 734 g/mol. The van der Waals surface area contributed by atoms with Crippen molar-refractivity contribution in [3.8, 4) is 0 Å². The van der Waals surface area contributed by atoms with Gasteiger partial charge in [-0.15, -0.1) is 10.2 Å². The minimum atomic E-state index is -4.54. The minimum absolute atomic E-state index is 0.0316. The normalized spacial score (nSPS) is 21.7. The maximum atomic E-state index is 13.6. The predicted molar refractivity (Wildman–Crippen MR) is 167 cm³/mol. The van der Waals surface area contributed by atoms with Crippen LogP contribution in [0.4, 0.5) is 38.0 Å². The molecule has 0 radical (unpaired) electrons. The van der Waals surface area contributed by atoms with Crippen LogP contribution < -0.4 is 9.80 Å². The summed E-state index contributed by atoms with van der Waals surface area (Å²) in [6.45, 7) is 4.40. The molecule has 2 saturated heterocycles. The molecule has 14 nitrogen and oxygen atoms in total. The smallest absolute Gasteiger partial charge is 0.416 e. The SMILES string of the molecule is CCOC(=O)c1cn(Cc2cnc(N3CC4CC4C3)cc2C(F)(F)F)nn1.O=C(O)c1cn(Cc2cnc(N3CC4CC4C3)cc2C(F)(F)F)nn1. The molecule has 4 unspecified atom stereocenters. The number of rotatable bonds is 9. The predicted octanol–water partition coefficient (Wildman–Crippen LogP) is 4.27. The van der Waals surface area contributed by atoms with Gasteiger partial charge in [-0.1, -0.05) is 10.4 Å². The van der Waals surface area contributed by atoms with Crippen molar-refractivity contribution >= 4 is 23.6 Å². The highest BCUT2D eigenvalue weighted by Crippen LogP contribution is 2.47. The number of esters is 1. The van der Waals surface area contributed by atoms with Crippen LogP contribution in [0.3, 0.4) is 0 Å². The lowest BCUT2D eigenvalue weighted by Crippen LogP contribution is -2.24. The van der Waals surface area contributed by atoms with E-state index in [1.807, 2.05) is 9.80 Å². The van der Waals surface area contributed by atoms with E-state index in [4.69, 9.17) is 9.84 Å². The molecule has 2 aliphatic heterocycles. The van der Waals surface area contributed by atoms with Crippen LogP contribution in [0.25, 0.3) is 0 Å². The van der Waals surface area contributed by atoms with E-state index >= 15 is 0 Å². The van der Waals surface area contributed by atoms with Crippen LogP contribution in [-0.4, -0.2) is 89.8 Å². The summed E-state index contributed by atoms with van der Waals surface area (Å²) in [7, 11) is 0. The Morgan fingerprint density at radius 2 is 1.17 bits per heavy atom. The van der Waals surface area contributed by atoms with E-state index in [1.54, 1.807) is 6.92 Å². The topological polar surface area (TPSA) is 157 Å². The van der Waals surface area contributed by atoms with E-state index in [0.29, 0.717) is 35.3 Å². The summed E-state index contributed by atoms with van der Waals surface area (Å²) < 4.78 is 88.1. The molecule has 52 heavy (non-hydrogen) atoms. The van der Waals surface area contributed by atoms with Gasteiger partial charge in [-0.25, -0.2) is 28.9 Å². The number of fused-ring (bicyclic) bond motifs is 2. The lowest BCUT2D eigenvalue weighted by molar-refractivity contribution is -0.139. The van der Waals surface area contributed by atoms with Crippen LogP contribution in [0.2, 0.25) is 0 Å². The molecule has 0 spiro atoms. The van der Waals surface area contributed by atoms with Gasteiger partial charge in [0.2, 0.25) is 0 Å². The van der Waals surface area contributed by atoms with E-state index in [9.17, 15) is 35.9 Å². The van der Waals surface area contributed by atoms with Crippen molar-refractivity contribution in [2.45, 2.75) is 45.2 Å². The van der Waals surface area contributed by atoms with Crippen molar-refractivity contribution in [1.82, 2.24) is 40.0 Å². The highest BCUT2D eigenvalue weighted by molar-refractivity contribution is 5.86. The molecule has 8 rings (SSSR count). The lowest BCUT2D eigenvalue weighted by atomic mass is 10.1. The molecule has 4 fully saturated rings. The summed E-state index contributed by atoms with van der Waals surface area (Å²) in [6, 6.07) is 2.17. The van der Waals surface area contributed by atoms with Gasteiger partial charge < -0.3 is 19.6 Å². The number of aromatic nitrogens is 8. The summed E-state index contributed by atoms with van der Waals surface area (Å²) in [6.07, 6.45) is -1.97. The fraction of sp³-hybridized carbons (Fsp3) is 0.500. The molecule has 4 atom stereocenters. The number of carboxylic acids is 1. The number of piperidine rings is 2. The third kappa shape index (κ3) is 7.64. The summed E-state index contributed by atoms with van der Waals surface area (Å²) in [4.78, 5) is 34.6. The van der Waals surface area contributed by atoms with Crippen LogP contribution in [0.5, 0.6) is 0 Å². The number of anilines is 2. The fourth-order valence-electron chi connectivity index (χ4n) is 6.74. The Bertz CT molecular complexity index is 1960. The Kier molecular flexibility index (Phi) is 9.02. The molecule has 20 heteroatoms. The molecule has 6 heterocycles. The number of halogens is 6. The number of carboxylic acid groups (broad SMARTS) is 1. The first kappa shape index (κ1) is 35.1. The van der Waals surface area contributed by atoms with Crippen LogP contribution in [0.1, 0.15) is 63.0 Å². The Labute approximate surface area is 291 Å². The molecule has 4 aromatic rings. The number of aromatic carboxylic acids is 1. The molecule has 2 saturated carbocycles. The van der Waals surface area contributed by atoms with E-state index in [1.165, 1.54) is 23.3 Å². The van der Waals surface area contributed by atoms with Gasteiger partial charge in [-0.3, -0.25) is 0 Å². The summed E-state index contributed by atoms with van der Waals surface area (Å²) in [5, 5.41) is 23.1. The zero-order valence-corrected chi connectivity index (χ0v) is 27.5. The average molecular weight is 735 g/mol. The highest BCUT2D eigenvalue weighted by atomic mass is 19.4. The first-order valence-corrected chi connectivity index (χ1v) is 16.5. The van der Waals surface area contributed by atoms with Crippen molar-refractivity contribution in [3.05, 3.63) is 70.6 Å². The first-order valence-electron chi connectivity index (χ1n) is 16.5. The van der Waals surface area contributed by atoms with Gasteiger partial charge in [-0.05, 0) is 55.6 Å². The molecule has 0 bridgehead atoms. The zero-order valence-electron chi connectivity index (χ0n) is 27.5. The largest absolute Gasteiger partial charge is 0.476 e. The lowest BCUT2D eigenvalue weighted by Gasteiger charge is -2.21. The third-order valence-corrected chi connectivity index (χ3v) is 9.61. The molecule has 4 aromatic heterocycles. The second kappa shape index (κ2) is 13.4. The van der Waals surface area contributed by atoms with Crippen molar-refractivity contribution in [3.63, 3.8) is 0 Å². The number of alkyl halides is 6. The second-order valence-electron chi connectivity index (χ2n) is 13.3. The number of nitrogens with zero attached hydrogens (tertiary/aromatic N) is 10. The zero-order chi connectivity index (χ0) is 36.9. The number of carbonyl (C=O) groups excluding carboxylic acids is 1. The molecule has 4 aliphatic rings. The molecule has 0 aromatic carbocycles. The van der Waals surface area contributed by atoms with E-state index < -0.39 is 35.4 Å². The fourth-order valence-corrected chi connectivity index (χ4v) is 6.74. The first-order chi connectivity index (χ1) is 24.7. The highest BCUT2D eigenvalue weighted by Gasteiger charge is 2.47. The van der Waals surface area contributed by atoms with Crippen LogP contribution in [0, 0.1) is 23.7 Å². The number of hydrogen-bond donors (Lipinski definition) is 1. The standard InChI is InChI=1S/C17H18F3N5O2.C15H14F3N5O2/c1-2-27-16(26)14-9-25(23-22-14)8-12-5-21-15(4-13(12)17(18,19)20)24-6-10-3-11(10)7-24;16-15(17,18)11-2-13(22-4-8-1-9(8)5-22)19-3-10(11)6-23-7-12(14(24)25)20-21-23/h4-5,9-11H,2-3,6-8H2,1H3;2-3,7-9H,1,4-6H2,(H,24,25). The number of pyridine rings is 2. The second-order valence-corrected chi connectivity index (χ2v) is 13.3. The average Bonchev–Trinajstić information content (AvgIpc) is 3.61. The number of carbonyl (C=O) groups is 2. The van der Waals surface area contributed by atoms with Crippen molar-refractivity contribution in [2.24, 2.45) is 23.7 Å². The summed E-state index contributed by atoms with van der Waals surface area (Å²) in [5.41, 5.74) is -2.02. The van der Waals surface area contributed by atoms with E-state index in [2.05, 4.69) is 30.6 Å². The molecule has 1 N–H and O–H groups in total. The van der Waals surface area contributed by atoms with Gasteiger partial charge in [0.15, 0.2) is 11.4 Å². The quantitative estimate of drug-likeness (QED) is 0.193. The van der Waals surface area contributed by atoms with Crippen molar-refractivity contribution in [1.29, 1.82) is 0 Å². The Hall–Kier alpha value is -5.30. The van der Waals surface area contributed by atoms with Crippen LogP contribution >= 0.6 is 0 Å². The van der Waals surface area contributed by atoms with Gasteiger partial charge in [0.05, 0.1) is 43.2 Å². The van der Waals surface area contributed by atoms with Gasteiger partial charge in [0.1, 0.15) is 11.6 Å². The third-order valence-electron chi connectivity index (χ3n) is 9.61. The Morgan fingerprint density at radius 3 is 1.56 bits per heavy atom. The van der Waals surface area contributed by atoms with Gasteiger partial charge >= 0.3 is 24.3 Å². The maximum Gasteiger partial charge on any atom is 0.416 e. The number of hydrogen-bond acceptors (Lipinski definition) is 11. The molecule has 2 aliphatic carbocycles. The van der Waals surface area contributed by atoms with Gasteiger partial charge in [-0.2, -0.15) is 26.3 Å². The van der Waals surface area contributed by atoms with E-state index in [-0.39, 0.29) is 42.2 Å². The van der Waals surface area contributed by atoms with Crippen LogP contribution in [0.15, 0.2) is 36.9 Å². The van der Waals surface area contributed by atoms with Crippen molar-refractivity contribution < 1.29 is 45.8 Å². The van der Waals surface area contributed by atoms with Crippen LogP contribution in [-0.2, 0) is 30.2 Å². The summed E-state index contributed by atoms with van der Waals surface area (Å²) in [5.74, 6) is 1.08. The molecule has 0 amide bonds. The van der Waals surface area contributed by atoms with Gasteiger partial charge in [0.25, 0.3) is 0 Å². The molecular formula is C32H32F6N10O4. The minimum Gasteiger partial charge on any atom is -0.476 e. The van der Waals surface area contributed by atoms with Crippen molar-refractivity contribution in [2.75, 3.05) is 42.6 Å². The van der Waals surface area contributed by atoms with E-state index in [0.717, 1.165) is 62.0 Å².